The van der Waals surface area contributed by atoms with E-state index in [2.05, 4.69) is 32.6 Å². The van der Waals surface area contributed by atoms with Gasteiger partial charge in [0, 0.05) is 12.6 Å². The van der Waals surface area contributed by atoms with Crippen molar-refractivity contribution in [3.8, 4) is 0 Å². The Bertz CT molecular complexity index is 144. The topological polar surface area (TPSA) is 29.3 Å². The van der Waals surface area contributed by atoms with Crippen LogP contribution in [0.25, 0.3) is 0 Å². The Morgan fingerprint density at radius 3 is 2.06 bits per heavy atom. The van der Waals surface area contributed by atoms with Crippen molar-refractivity contribution >= 4 is 0 Å². The first-order valence-corrected chi connectivity index (χ1v) is 7.15. The maximum absolute atomic E-state index is 6.06. The van der Waals surface area contributed by atoms with Gasteiger partial charge in [0.15, 0.2) is 0 Å². The van der Waals surface area contributed by atoms with Crippen LogP contribution in [0.3, 0.4) is 0 Å². The largest absolute Gasteiger partial charge is 0.328 e. The summed E-state index contributed by atoms with van der Waals surface area (Å²) < 4.78 is 0. The minimum absolute atomic E-state index is 0.403. The van der Waals surface area contributed by atoms with E-state index in [1.807, 2.05) is 0 Å². The van der Waals surface area contributed by atoms with E-state index in [4.69, 9.17) is 5.73 Å². The molecule has 2 nitrogen and oxygen atoms in total. The molecule has 98 valence electrons. The van der Waals surface area contributed by atoms with E-state index in [0.29, 0.717) is 6.04 Å². The fourth-order valence-corrected chi connectivity index (χ4v) is 2.15. The number of nitrogens with two attached hydrogens (primary N) is 1. The van der Waals surface area contributed by atoms with Crippen LogP contribution in [0.15, 0.2) is 0 Å². The molecule has 0 heterocycles. The molecule has 0 aromatic carbocycles. The van der Waals surface area contributed by atoms with Crippen LogP contribution in [0, 0.1) is 5.92 Å². The number of hydrogen-bond acceptors (Lipinski definition) is 2. The lowest BCUT2D eigenvalue weighted by molar-refractivity contribution is 0.225. The number of rotatable bonds is 10. The third-order valence-electron chi connectivity index (χ3n) is 3.59. The van der Waals surface area contributed by atoms with Gasteiger partial charge in [-0.2, -0.15) is 0 Å². The lowest BCUT2D eigenvalue weighted by Crippen LogP contribution is -2.33. The second-order valence-electron chi connectivity index (χ2n) is 4.91. The molecule has 0 saturated heterocycles. The van der Waals surface area contributed by atoms with Crippen LogP contribution in [0.1, 0.15) is 59.8 Å². The molecule has 0 aromatic heterocycles. The van der Waals surface area contributed by atoms with Crippen LogP contribution >= 0.6 is 0 Å². The zero-order chi connectivity index (χ0) is 12.4. The van der Waals surface area contributed by atoms with E-state index in [0.717, 1.165) is 18.9 Å². The third kappa shape index (κ3) is 7.24. The minimum atomic E-state index is 0.403. The van der Waals surface area contributed by atoms with Crippen molar-refractivity contribution in [1.82, 2.24) is 4.90 Å². The summed E-state index contributed by atoms with van der Waals surface area (Å²) >= 11 is 0. The molecule has 0 fully saturated rings. The molecule has 0 saturated carbocycles. The Kier molecular flexibility index (Phi) is 10.0. The zero-order valence-electron chi connectivity index (χ0n) is 11.8. The van der Waals surface area contributed by atoms with Gasteiger partial charge in [-0.15, -0.1) is 0 Å². The highest BCUT2D eigenvalue weighted by Crippen LogP contribution is 2.10. The second kappa shape index (κ2) is 10.1. The lowest BCUT2D eigenvalue weighted by Gasteiger charge is -2.26. The Labute approximate surface area is 103 Å². The normalized spacial score (nSPS) is 13.7. The molecule has 0 aliphatic heterocycles. The summed E-state index contributed by atoms with van der Waals surface area (Å²) in [4.78, 5) is 2.56. The quantitative estimate of drug-likeness (QED) is 0.622. The molecule has 2 N–H and O–H groups in total. The fourth-order valence-electron chi connectivity index (χ4n) is 2.15. The molecular formula is C14H32N2. The summed E-state index contributed by atoms with van der Waals surface area (Å²) in [5.41, 5.74) is 6.06. The highest BCUT2D eigenvalue weighted by molar-refractivity contribution is 4.67. The van der Waals surface area contributed by atoms with Crippen molar-refractivity contribution in [3.63, 3.8) is 0 Å². The predicted octanol–water partition coefficient (Wildman–Crippen LogP) is 3.26. The van der Waals surface area contributed by atoms with Gasteiger partial charge < -0.3 is 10.6 Å². The predicted molar refractivity (Wildman–Crippen MR) is 73.7 cm³/mol. The summed E-state index contributed by atoms with van der Waals surface area (Å²) in [7, 11) is 0. The SMILES string of the molecule is CCCC(N)CCN(CC)CC(CC)CC. The molecule has 16 heavy (non-hydrogen) atoms. The Balaban J connectivity index is 3.81. The standard InChI is InChI=1S/C14H32N2/c1-5-9-14(15)10-11-16(8-4)12-13(6-2)7-3/h13-14H,5-12,15H2,1-4H3. The highest BCUT2D eigenvalue weighted by Gasteiger charge is 2.11. The van der Waals surface area contributed by atoms with Crippen LogP contribution in [0.2, 0.25) is 0 Å². The molecule has 0 aromatic rings. The smallest absolute Gasteiger partial charge is 0.00509 e. The van der Waals surface area contributed by atoms with Gasteiger partial charge in [-0.3, -0.25) is 0 Å². The molecule has 1 unspecified atom stereocenters. The maximum atomic E-state index is 6.06. The zero-order valence-corrected chi connectivity index (χ0v) is 11.8. The minimum Gasteiger partial charge on any atom is -0.328 e. The first kappa shape index (κ1) is 15.9. The van der Waals surface area contributed by atoms with E-state index < -0.39 is 0 Å². The first-order valence-electron chi connectivity index (χ1n) is 7.15. The molecule has 0 rings (SSSR count). The molecule has 0 bridgehead atoms. The van der Waals surface area contributed by atoms with E-state index in [1.54, 1.807) is 0 Å². The van der Waals surface area contributed by atoms with E-state index in [9.17, 15) is 0 Å². The molecule has 0 amide bonds. The van der Waals surface area contributed by atoms with Crippen LogP contribution < -0.4 is 5.73 Å². The molecular weight excluding hydrogens is 196 g/mol. The van der Waals surface area contributed by atoms with Gasteiger partial charge >= 0.3 is 0 Å². The van der Waals surface area contributed by atoms with E-state index in [-0.39, 0.29) is 0 Å². The van der Waals surface area contributed by atoms with Crippen LogP contribution in [0.5, 0.6) is 0 Å². The molecule has 0 aliphatic rings. The van der Waals surface area contributed by atoms with Gasteiger partial charge in [-0.1, -0.05) is 47.0 Å². The van der Waals surface area contributed by atoms with Crippen molar-refractivity contribution < 1.29 is 0 Å². The highest BCUT2D eigenvalue weighted by atomic mass is 15.1. The Morgan fingerprint density at radius 1 is 1.00 bits per heavy atom. The summed E-state index contributed by atoms with van der Waals surface area (Å²) in [6.45, 7) is 12.6. The van der Waals surface area contributed by atoms with Gasteiger partial charge in [-0.25, -0.2) is 0 Å². The van der Waals surface area contributed by atoms with Gasteiger partial charge in [0.2, 0.25) is 0 Å². The van der Waals surface area contributed by atoms with Crippen molar-refractivity contribution in [2.75, 3.05) is 19.6 Å². The molecule has 0 spiro atoms. The summed E-state index contributed by atoms with van der Waals surface area (Å²) in [6.07, 6.45) is 6.13. The summed E-state index contributed by atoms with van der Waals surface area (Å²) in [6, 6.07) is 0.403. The summed E-state index contributed by atoms with van der Waals surface area (Å²) in [5.74, 6) is 0.863. The van der Waals surface area contributed by atoms with E-state index in [1.165, 1.54) is 38.8 Å². The van der Waals surface area contributed by atoms with E-state index >= 15 is 0 Å². The lowest BCUT2D eigenvalue weighted by atomic mass is 10.0. The molecule has 1 atom stereocenters. The Morgan fingerprint density at radius 2 is 1.62 bits per heavy atom. The fraction of sp³-hybridized carbons (Fsp3) is 1.00. The van der Waals surface area contributed by atoms with Crippen LogP contribution in [-0.4, -0.2) is 30.6 Å². The van der Waals surface area contributed by atoms with Gasteiger partial charge in [-0.05, 0) is 31.8 Å². The number of hydrogen-bond donors (Lipinski definition) is 1. The monoisotopic (exact) mass is 228 g/mol. The van der Waals surface area contributed by atoms with Crippen molar-refractivity contribution in [2.45, 2.75) is 65.8 Å². The van der Waals surface area contributed by atoms with Crippen molar-refractivity contribution in [3.05, 3.63) is 0 Å². The van der Waals surface area contributed by atoms with Crippen molar-refractivity contribution in [2.24, 2.45) is 11.7 Å². The Hall–Kier alpha value is -0.0800. The van der Waals surface area contributed by atoms with Crippen LogP contribution in [-0.2, 0) is 0 Å². The van der Waals surface area contributed by atoms with Crippen LogP contribution in [0.4, 0.5) is 0 Å². The number of nitrogens with zero attached hydrogens (tertiary/aromatic N) is 1. The van der Waals surface area contributed by atoms with Gasteiger partial charge in [0.25, 0.3) is 0 Å². The maximum Gasteiger partial charge on any atom is 0.00509 e. The van der Waals surface area contributed by atoms with Gasteiger partial charge in [0.05, 0.1) is 0 Å². The molecule has 2 heteroatoms. The average molecular weight is 228 g/mol. The van der Waals surface area contributed by atoms with Crippen molar-refractivity contribution in [1.29, 1.82) is 0 Å². The average Bonchev–Trinajstić information content (AvgIpc) is 2.30. The molecule has 0 radical (unpaired) electrons. The van der Waals surface area contributed by atoms with Gasteiger partial charge in [0.1, 0.15) is 0 Å². The summed E-state index contributed by atoms with van der Waals surface area (Å²) in [5, 5.41) is 0. The first-order chi connectivity index (χ1) is 7.67. The molecule has 0 aliphatic carbocycles. The second-order valence-corrected chi connectivity index (χ2v) is 4.91. The third-order valence-corrected chi connectivity index (χ3v) is 3.59.